The van der Waals surface area contributed by atoms with E-state index in [4.69, 9.17) is 10.5 Å². The first-order valence-corrected chi connectivity index (χ1v) is 6.59. The maximum atomic E-state index is 13.7. The van der Waals surface area contributed by atoms with E-state index in [1.807, 2.05) is 0 Å². The first kappa shape index (κ1) is 19.1. The Hall–Kier alpha value is -1.92. The Bertz CT molecular complexity index is 435. The van der Waals surface area contributed by atoms with E-state index in [0.29, 0.717) is 0 Å². The molecule has 0 saturated carbocycles. The lowest BCUT2D eigenvalue weighted by molar-refractivity contribution is -0.116. The van der Waals surface area contributed by atoms with Gasteiger partial charge in [-0.2, -0.15) is 0 Å². The molecule has 1 unspecified atom stereocenters. The molecule has 21 heavy (non-hydrogen) atoms. The molecule has 7 heteroatoms. The summed E-state index contributed by atoms with van der Waals surface area (Å²) in [4.78, 5) is 26.9. The average Bonchev–Trinajstić information content (AvgIpc) is 2.30. The van der Waals surface area contributed by atoms with Crippen LogP contribution in [0.25, 0.3) is 0 Å². The second-order valence-corrected chi connectivity index (χ2v) is 5.59. The molecule has 0 aromatic carbocycles. The van der Waals surface area contributed by atoms with Crippen molar-refractivity contribution in [3.8, 4) is 0 Å². The van der Waals surface area contributed by atoms with Crippen molar-refractivity contribution < 1.29 is 18.7 Å². The van der Waals surface area contributed by atoms with Gasteiger partial charge in [0, 0.05) is 25.4 Å². The van der Waals surface area contributed by atoms with Gasteiger partial charge in [0.15, 0.2) is 5.78 Å². The molecule has 0 rings (SSSR count). The smallest absolute Gasteiger partial charge is 0.407 e. The number of alkyl halides is 1. The summed E-state index contributed by atoms with van der Waals surface area (Å²) in [6.45, 7) is 6.35. The minimum absolute atomic E-state index is 0.178. The van der Waals surface area contributed by atoms with Gasteiger partial charge in [0.2, 0.25) is 0 Å². The summed E-state index contributed by atoms with van der Waals surface area (Å²) in [5, 5.41) is 2.28. The van der Waals surface area contributed by atoms with E-state index in [2.05, 4.69) is 10.3 Å². The van der Waals surface area contributed by atoms with E-state index in [-0.39, 0.29) is 24.2 Å². The van der Waals surface area contributed by atoms with Crippen molar-refractivity contribution >= 4 is 18.1 Å². The highest BCUT2D eigenvalue weighted by Gasteiger charge is 2.20. The van der Waals surface area contributed by atoms with E-state index in [9.17, 15) is 14.0 Å². The first-order valence-electron chi connectivity index (χ1n) is 6.59. The van der Waals surface area contributed by atoms with Crippen LogP contribution in [0.15, 0.2) is 16.3 Å². The molecular formula is C14H24FN3O3. The summed E-state index contributed by atoms with van der Waals surface area (Å²) in [6.07, 6.45) is -1.33. The third-order valence-corrected chi connectivity index (χ3v) is 2.26. The van der Waals surface area contributed by atoms with Crippen molar-refractivity contribution in [3.63, 3.8) is 0 Å². The van der Waals surface area contributed by atoms with Gasteiger partial charge in [0.1, 0.15) is 11.8 Å². The van der Waals surface area contributed by atoms with Crippen LogP contribution in [0.1, 0.15) is 34.1 Å². The van der Waals surface area contributed by atoms with Crippen LogP contribution in [0.5, 0.6) is 0 Å². The van der Waals surface area contributed by atoms with Crippen LogP contribution in [0.3, 0.4) is 0 Å². The molecule has 0 aromatic rings. The molecule has 0 saturated heterocycles. The third-order valence-electron chi connectivity index (χ3n) is 2.26. The number of nitrogens with zero attached hydrogens (tertiary/aromatic N) is 1. The van der Waals surface area contributed by atoms with Crippen LogP contribution < -0.4 is 11.1 Å². The van der Waals surface area contributed by atoms with Crippen LogP contribution in [-0.4, -0.2) is 43.5 Å². The number of carbonyl (C=O) groups excluding carboxylic acids is 2. The standard InChI is InChI=1S/C14H24FN3O3/c1-9(16)11(8-17-5)12(19)6-10(15)7-18-13(20)21-14(2,3)4/h8,10H,6-7,16H2,1-5H3,(H,18,20). The largest absolute Gasteiger partial charge is 0.444 e. The Morgan fingerprint density at radius 1 is 1.43 bits per heavy atom. The van der Waals surface area contributed by atoms with Gasteiger partial charge in [0.05, 0.1) is 12.1 Å². The number of hydrogen-bond donors (Lipinski definition) is 2. The number of halogens is 1. The zero-order valence-electron chi connectivity index (χ0n) is 13.2. The van der Waals surface area contributed by atoms with E-state index >= 15 is 0 Å². The quantitative estimate of drug-likeness (QED) is 0.577. The number of allylic oxidation sites excluding steroid dienone is 2. The second-order valence-electron chi connectivity index (χ2n) is 5.59. The van der Waals surface area contributed by atoms with Crippen molar-refractivity contribution in [2.75, 3.05) is 13.6 Å². The molecule has 3 N–H and O–H groups in total. The molecule has 0 bridgehead atoms. The molecule has 0 fully saturated rings. The number of hydrogen-bond acceptors (Lipinski definition) is 5. The van der Waals surface area contributed by atoms with E-state index in [0.717, 1.165) is 0 Å². The van der Waals surface area contributed by atoms with Gasteiger partial charge in [-0.25, -0.2) is 9.18 Å². The van der Waals surface area contributed by atoms with Crippen molar-refractivity contribution in [1.29, 1.82) is 0 Å². The van der Waals surface area contributed by atoms with Gasteiger partial charge in [-0.1, -0.05) is 0 Å². The molecule has 0 radical (unpaired) electrons. The van der Waals surface area contributed by atoms with Crippen molar-refractivity contribution in [2.45, 2.75) is 45.9 Å². The summed E-state index contributed by atoms with van der Waals surface area (Å²) >= 11 is 0. The number of aliphatic imine (C=N–C) groups is 1. The Balaban J connectivity index is 4.39. The summed E-state index contributed by atoms with van der Waals surface area (Å²) in [5.74, 6) is -0.459. The van der Waals surface area contributed by atoms with Crippen LogP contribution >= 0.6 is 0 Å². The molecule has 1 atom stereocenters. The van der Waals surface area contributed by atoms with E-state index in [1.54, 1.807) is 27.7 Å². The highest BCUT2D eigenvalue weighted by Crippen LogP contribution is 2.08. The van der Waals surface area contributed by atoms with Gasteiger partial charge in [-0.05, 0) is 27.7 Å². The highest BCUT2D eigenvalue weighted by atomic mass is 19.1. The fourth-order valence-electron chi connectivity index (χ4n) is 1.41. The number of Topliss-reactive ketones (excluding diaryl/α,β-unsaturated/α-hetero) is 1. The minimum Gasteiger partial charge on any atom is -0.444 e. The summed E-state index contributed by atoms with van der Waals surface area (Å²) < 4.78 is 18.7. The molecule has 0 aliphatic heterocycles. The highest BCUT2D eigenvalue weighted by molar-refractivity contribution is 6.13. The number of nitrogens with two attached hydrogens (primary N) is 1. The summed E-state index contributed by atoms with van der Waals surface area (Å²) in [6, 6.07) is 0. The molecule has 0 aliphatic rings. The monoisotopic (exact) mass is 301 g/mol. The number of nitrogens with one attached hydrogen (secondary N) is 1. The summed E-state index contributed by atoms with van der Waals surface area (Å²) in [7, 11) is 1.49. The fraction of sp³-hybridized carbons (Fsp3) is 0.643. The molecule has 0 heterocycles. The third kappa shape index (κ3) is 8.78. The molecule has 0 aromatic heterocycles. The van der Waals surface area contributed by atoms with Gasteiger partial charge < -0.3 is 15.8 Å². The predicted octanol–water partition coefficient (Wildman–Crippen LogP) is 1.74. The number of ether oxygens (including phenoxy) is 1. The topological polar surface area (TPSA) is 93.8 Å². The number of carbonyl (C=O) groups is 2. The average molecular weight is 301 g/mol. The Morgan fingerprint density at radius 2 is 2.00 bits per heavy atom. The van der Waals surface area contributed by atoms with Crippen molar-refractivity contribution in [1.82, 2.24) is 5.32 Å². The minimum atomic E-state index is -1.52. The number of ketones is 1. The second kappa shape index (κ2) is 8.39. The van der Waals surface area contributed by atoms with E-state index in [1.165, 1.54) is 13.3 Å². The molecule has 1 amide bonds. The normalized spacial score (nSPS) is 14.6. The molecular weight excluding hydrogens is 277 g/mol. The SMILES string of the molecule is CN=CC(C(=O)CC(F)CNC(=O)OC(C)(C)C)=C(C)N. The lowest BCUT2D eigenvalue weighted by Gasteiger charge is -2.20. The molecule has 120 valence electrons. The Labute approximate surface area is 124 Å². The van der Waals surface area contributed by atoms with Crippen molar-refractivity contribution in [3.05, 3.63) is 11.3 Å². The molecule has 6 nitrogen and oxygen atoms in total. The first-order chi connectivity index (χ1) is 9.56. The van der Waals surface area contributed by atoms with Gasteiger partial charge in [-0.15, -0.1) is 0 Å². The van der Waals surface area contributed by atoms with Gasteiger partial charge in [-0.3, -0.25) is 9.79 Å². The van der Waals surface area contributed by atoms with Gasteiger partial charge in [0.25, 0.3) is 0 Å². The maximum Gasteiger partial charge on any atom is 0.407 e. The van der Waals surface area contributed by atoms with E-state index < -0.39 is 23.6 Å². The number of rotatable bonds is 6. The van der Waals surface area contributed by atoms with Crippen LogP contribution in [0.4, 0.5) is 9.18 Å². The molecule has 0 aliphatic carbocycles. The Morgan fingerprint density at radius 3 is 2.43 bits per heavy atom. The Kier molecular flexibility index (Phi) is 7.62. The lowest BCUT2D eigenvalue weighted by atomic mass is 10.1. The fourth-order valence-corrected chi connectivity index (χ4v) is 1.41. The van der Waals surface area contributed by atoms with Gasteiger partial charge >= 0.3 is 6.09 Å². The van der Waals surface area contributed by atoms with Crippen LogP contribution in [0.2, 0.25) is 0 Å². The van der Waals surface area contributed by atoms with Crippen molar-refractivity contribution in [2.24, 2.45) is 10.7 Å². The zero-order chi connectivity index (χ0) is 16.6. The van der Waals surface area contributed by atoms with Crippen LogP contribution in [-0.2, 0) is 9.53 Å². The predicted molar refractivity (Wildman–Crippen MR) is 80.1 cm³/mol. The maximum absolute atomic E-state index is 13.7. The zero-order valence-corrected chi connectivity index (χ0v) is 13.2. The summed E-state index contributed by atoms with van der Waals surface area (Å²) in [5.41, 5.74) is 5.34. The number of amides is 1. The van der Waals surface area contributed by atoms with Crippen LogP contribution in [0, 0.1) is 0 Å². The number of alkyl carbamates (subject to hydrolysis) is 1. The molecule has 0 spiro atoms. The lowest BCUT2D eigenvalue weighted by Crippen LogP contribution is -2.36.